The molecule has 17 heteroatoms. The van der Waals surface area contributed by atoms with Gasteiger partial charge >= 0.3 is 6.36 Å². The number of ether oxygens (including phenoxy) is 1. The predicted octanol–water partition coefficient (Wildman–Crippen LogP) is 7.85. The van der Waals surface area contributed by atoms with Crippen LogP contribution >= 0.6 is 0 Å². The molecule has 3 atom stereocenters. The standard InChI is InChI=1S/C46H46F3N7O6S/c1-25-32(33-6-4-8-37(26(33)2)52-43-40-28(13-16-50-43)19-27(21-51-40)22-55-17-15-30(57)24-55)5-3-7-34(25)45-53-38-20-36-35(41(42(38)61-45)62-46(47,48)49)11-12-39(36)56-18-14-29(23-56)44(58)54-63(59,60)31-9-10-31/h3-8,13,16,19-21,29-31,39,57H,9-12,14-15,17-18,22-24H2,1-2H3,(H,50,52)(H,54,58)/t29-,30-,39-/m1/s1. The molecule has 3 aromatic carbocycles. The second-order valence-corrected chi connectivity index (χ2v) is 19.2. The van der Waals surface area contributed by atoms with E-state index < -0.39 is 39.2 Å². The number of hydrogen-bond donors (Lipinski definition) is 3. The fourth-order valence-corrected chi connectivity index (χ4v) is 11.0. The predicted molar refractivity (Wildman–Crippen MR) is 231 cm³/mol. The molecule has 3 aromatic heterocycles. The zero-order chi connectivity index (χ0) is 43.8. The molecule has 4 aliphatic rings. The minimum Gasteiger partial charge on any atom is -0.432 e. The van der Waals surface area contributed by atoms with Gasteiger partial charge in [0.2, 0.25) is 21.8 Å². The molecule has 2 aliphatic heterocycles. The summed E-state index contributed by atoms with van der Waals surface area (Å²) in [4.78, 5) is 31.4. The number of β-amino-alcohol motifs (C(OH)–C–C–N with tert-alkyl or cyclic N) is 1. The summed E-state index contributed by atoms with van der Waals surface area (Å²) in [6.07, 6.45) is 1.36. The Hall–Kier alpha value is -5.62. The van der Waals surface area contributed by atoms with E-state index in [1.807, 2.05) is 67.4 Å². The Bertz CT molecular complexity index is 2900. The molecule has 0 unspecified atom stereocenters. The van der Waals surface area contributed by atoms with Crippen LogP contribution in [-0.2, 0) is 27.8 Å². The number of amides is 1. The van der Waals surface area contributed by atoms with Crippen molar-refractivity contribution in [3.8, 4) is 28.3 Å². The first-order valence-electron chi connectivity index (χ1n) is 21.3. The van der Waals surface area contributed by atoms with Crippen LogP contribution in [0.15, 0.2) is 71.4 Å². The van der Waals surface area contributed by atoms with Gasteiger partial charge < -0.3 is 19.6 Å². The first kappa shape index (κ1) is 41.4. The van der Waals surface area contributed by atoms with Crippen molar-refractivity contribution in [2.45, 2.75) is 82.7 Å². The number of nitrogens with zero attached hydrogens (tertiary/aromatic N) is 5. The van der Waals surface area contributed by atoms with E-state index in [4.69, 9.17) is 19.1 Å². The highest BCUT2D eigenvalue weighted by Crippen LogP contribution is 2.48. The third kappa shape index (κ3) is 8.11. The Balaban J connectivity index is 0.933. The first-order valence-corrected chi connectivity index (χ1v) is 22.9. The maximum atomic E-state index is 14.1. The highest BCUT2D eigenvalue weighted by atomic mass is 32.2. The lowest BCUT2D eigenvalue weighted by Gasteiger charge is -2.25. The van der Waals surface area contributed by atoms with Gasteiger partial charge in [0.15, 0.2) is 17.2 Å². The molecule has 13 nitrogen and oxygen atoms in total. The molecule has 328 valence electrons. The third-order valence-electron chi connectivity index (χ3n) is 13.0. The number of carbonyl (C=O) groups excluding carboxylic acids is 1. The maximum absolute atomic E-state index is 14.1. The number of nitrogens with one attached hydrogen (secondary N) is 2. The molecular formula is C46H46F3N7O6S. The molecule has 10 rings (SSSR count). The molecule has 0 radical (unpaired) electrons. The van der Waals surface area contributed by atoms with Crippen LogP contribution in [-0.4, -0.2) is 88.1 Å². The number of carbonyl (C=O) groups is 1. The largest absolute Gasteiger partial charge is 0.573 e. The van der Waals surface area contributed by atoms with Crippen LogP contribution in [0, 0.1) is 19.8 Å². The van der Waals surface area contributed by atoms with Crippen molar-refractivity contribution in [3.05, 3.63) is 94.8 Å². The lowest BCUT2D eigenvalue weighted by molar-refractivity contribution is -0.274. The highest BCUT2D eigenvalue weighted by Gasteiger charge is 2.43. The summed E-state index contributed by atoms with van der Waals surface area (Å²) in [5.74, 6) is -0.768. The molecule has 5 heterocycles. The molecule has 1 saturated carbocycles. The van der Waals surface area contributed by atoms with E-state index >= 15 is 0 Å². The van der Waals surface area contributed by atoms with Gasteiger partial charge in [-0.2, -0.15) is 0 Å². The number of aliphatic hydroxyl groups excluding tert-OH is 1. The van der Waals surface area contributed by atoms with Crippen molar-refractivity contribution in [2.75, 3.05) is 31.5 Å². The van der Waals surface area contributed by atoms with Gasteiger partial charge in [-0.3, -0.25) is 24.3 Å². The van der Waals surface area contributed by atoms with Crippen molar-refractivity contribution in [1.82, 2.24) is 29.5 Å². The Labute approximate surface area is 361 Å². The number of oxazole rings is 1. The summed E-state index contributed by atoms with van der Waals surface area (Å²) in [7, 11) is -3.70. The summed E-state index contributed by atoms with van der Waals surface area (Å²) >= 11 is 0. The number of aromatic nitrogens is 3. The number of halogens is 3. The van der Waals surface area contributed by atoms with Crippen LogP contribution in [0.1, 0.15) is 66.0 Å². The zero-order valence-electron chi connectivity index (χ0n) is 34.7. The molecule has 63 heavy (non-hydrogen) atoms. The highest BCUT2D eigenvalue weighted by molar-refractivity contribution is 7.90. The lowest BCUT2D eigenvalue weighted by Crippen LogP contribution is -2.38. The summed E-state index contributed by atoms with van der Waals surface area (Å²) in [5, 5.41) is 13.9. The number of sulfonamides is 1. The Morgan fingerprint density at radius 1 is 0.952 bits per heavy atom. The SMILES string of the molecule is Cc1c(Nc2nccc3cc(CN4CC[C@@H](O)C4)cnc23)cccc1-c1cccc(-c2nc3cc4c(c(OC(F)(F)F)c3o2)CC[C@H]4N2CC[C@@H](C(=O)NS(=O)(=O)C3CC3)C2)c1C. The second-order valence-electron chi connectivity index (χ2n) is 17.3. The molecule has 3 fully saturated rings. The van der Waals surface area contributed by atoms with Crippen LogP contribution in [0.5, 0.6) is 5.75 Å². The average molecular weight is 882 g/mol. The van der Waals surface area contributed by atoms with Gasteiger partial charge in [-0.15, -0.1) is 13.2 Å². The number of likely N-dealkylation sites (tertiary alicyclic amines) is 2. The number of anilines is 2. The number of hydrogen-bond acceptors (Lipinski definition) is 12. The van der Waals surface area contributed by atoms with Gasteiger partial charge in [0.05, 0.1) is 17.3 Å². The van der Waals surface area contributed by atoms with Crippen molar-refractivity contribution in [2.24, 2.45) is 5.92 Å². The summed E-state index contributed by atoms with van der Waals surface area (Å²) in [6, 6.07) is 17.1. The summed E-state index contributed by atoms with van der Waals surface area (Å²) in [5.41, 5.74) is 7.86. The number of rotatable bonds is 11. The second kappa shape index (κ2) is 15.9. The summed E-state index contributed by atoms with van der Waals surface area (Å²) < 4.78 is 80.3. The third-order valence-corrected chi connectivity index (χ3v) is 14.8. The van der Waals surface area contributed by atoms with Crippen LogP contribution < -0.4 is 14.8 Å². The zero-order valence-corrected chi connectivity index (χ0v) is 35.5. The molecule has 3 N–H and O–H groups in total. The molecule has 0 bridgehead atoms. The minimum absolute atomic E-state index is 0.101. The normalized spacial score (nSPS) is 20.8. The van der Waals surface area contributed by atoms with Crippen LogP contribution in [0.3, 0.4) is 0 Å². The van der Waals surface area contributed by atoms with E-state index in [1.165, 1.54) is 0 Å². The summed E-state index contributed by atoms with van der Waals surface area (Å²) in [6.45, 7) is 6.89. The van der Waals surface area contributed by atoms with Crippen LogP contribution in [0.2, 0.25) is 0 Å². The van der Waals surface area contributed by atoms with Crippen molar-refractivity contribution in [3.63, 3.8) is 0 Å². The Morgan fingerprint density at radius 3 is 2.49 bits per heavy atom. The molecular weight excluding hydrogens is 836 g/mol. The molecule has 2 saturated heterocycles. The van der Waals surface area contributed by atoms with Crippen molar-refractivity contribution in [1.29, 1.82) is 0 Å². The Morgan fingerprint density at radius 2 is 1.73 bits per heavy atom. The average Bonchev–Trinajstić information content (AvgIpc) is 3.50. The van der Waals surface area contributed by atoms with E-state index in [9.17, 15) is 31.5 Å². The first-order chi connectivity index (χ1) is 30.2. The van der Waals surface area contributed by atoms with Gasteiger partial charge in [-0.25, -0.2) is 18.4 Å². The molecule has 2 aliphatic carbocycles. The number of fused-ring (bicyclic) bond motifs is 3. The topological polar surface area (TPSA) is 163 Å². The quantitative estimate of drug-likeness (QED) is 0.116. The van der Waals surface area contributed by atoms with Gasteiger partial charge in [-0.1, -0.05) is 24.3 Å². The van der Waals surface area contributed by atoms with Gasteiger partial charge in [0, 0.05) is 66.8 Å². The fourth-order valence-electron chi connectivity index (χ4n) is 9.62. The van der Waals surface area contributed by atoms with Crippen LogP contribution in [0.4, 0.5) is 24.7 Å². The molecule has 0 spiro atoms. The monoisotopic (exact) mass is 881 g/mol. The number of aliphatic hydroxyl groups is 1. The smallest absolute Gasteiger partial charge is 0.432 e. The molecule has 6 aromatic rings. The number of pyridine rings is 2. The number of benzene rings is 3. The maximum Gasteiger partial charge on any atom is 0.573 e. The van der Waals surface area contributed by atoms with Crippen molar-refractivity contribution >= 4 is 49.4 Å². The van der Waals surface area contributed by atoms with Gasteiger partial charge in [0.25, 0.3) is 0 Å². The fraction of sp³-hybridized carbons (Fsp3) is 0.391. The van der Waals surface area contributed by atoms with Crippen molar-refractivity contribution < 1.29 is 40.6 Å². The van der Waals surface area contributed by atoms with Crippen LogP contribution in [0.25, 0.3) is 44.6 Å². The van der Waals surface area contributed by atoms with E-state index in [0.717, 1.165) is 57.4 Å². The van der Waals surface area contributed by atoms with E-state index in [2.05, 4.69) is 26.0 Å². The van der Waals surface area contributed by atoms with E-state index in [-0.39, 0.29) is 42.1 Å². The van der Waals surface area contributed by atoms with E-state index in [1.54, 1.807) is 12.3 Å². The minimum atomic E-state index is -5.00. The van der Waals surface area contributed by atoms with Gasteiger partial charge in [-0.05, 0) is 123 Å². The van der Waals surface area contributed by atoms with Gasteiger partial charge in [0.1, 0.15) is 11.0 Å². The molecule has 1 amide bonds. The lowest BCUT2D eigenvalue weighted by atomic mass is 9.93. The number of alkyl halides is 3. The van der Waals surface area contributed by atoms with E-state index in [0.29, 0.717) is 67.8 Å². The Kier molecular flexibility index (Phi) is 10.4.